The zero-order valence-corrected chi connectivity index (χ0v) is 15.5. The summed E-state index contributed by atoms with van der Waals surface area (Å²) in [6.07, 6.45) is -0.962. The van der Waals surface area contributed by atoms with E-state index in [0.717, 1.165) is 18.0 Å². The maximum Gasteiger partial charge on any atom is 0.404 e. The van der Waals surface area contributed by atoms with Crippen molar-refractivity contribution in [1.29, 1.82) is 0 Å². The third kappa shape index (κ3) is 5.69. The summed E-state index contributed by atoms with van der Waals surface area (Å²) in [6, 6.07) is 10.1. The second kappa shape index (κ2) is 8.74. The third-order valence-corrected chi connectivity index (χ3v) is 5.32. The molecule has 1 unspecified atom stereocenters. The molecule has 134 valence electrons. The molecule has 1 aliphatic rings. The molecule has 5 nitrogen and oxygen atoms in total. The summed E-state index contributed by atoms with van der Waals surface area (Å²) >= 11 is 1.70. The average molecular weight is 353 g/mol. The van der Waals surface area contributed by atoms with Gasteiger partial charge in [-0.1, -0.05) is 39.0 Å². The van der Waals surface area contributed by atoms with Gasteiger partial charge in [-0.3, -0.25) is 4.90 Å². The van der Waals surface area contributed by atoms with Gasteiger partial charge in [0.15, 0.2) is 0 Å². The molecule has 24 heavy (non-hydrogen) atoms. The third-order valence-electron chi connectivity index (χ3n) is 4.19. The fourth-order valence-electron chi connectivity index (χ4n) is 3.33. The van der Waals surface area contributed by atoms with Gasteiger partial charge in [0.2, 0.25) is 0 Å². The van der Waals surface area contributed by atoms with E-state index in [-0.39, 0.29) is 17.5 Å². The lowest BCUT2D eigenvalue weighted by atomic mass is 9.81. The van der Waals surface area contributed by atoms with Gasteiger partial charge in [0.1, 0.15) is 0 Å². The Morgan fingerprint density at radius 2 is 1.92 bits per heavy atom. The summed E-state index contributed by atoms with van der Waals surface area (Å²) in [5, 5.41) is 12.1. The van der Waals surface area contributed by atoms with E-state index in [9.17, 15) is 9.90 Å². The van der Waals surface area contributed by atoms with Crippen LogP contribution >= 0.6 is 11.8 Å². The first kappa shape index (κ1) is 19.1. The molecule has 0 spiro atoms. The Bertz CT molecular complexity index is 513. The van der Waals surface area contributed by atoms with E-state index >= 15 is 0 Å². The Morgan fingerprint density at radius 1 is 1.29 bits per heavy atom. The van der Waals surface area contributed by atoms with Crippen molar-refractivity contribution in [2.45, 2.75) is 37.8 Å². The van der Waals surface area contributed by atoms with Gasteiger partial charge in [0.25, 0.3) is 0 Å². The molecule has 0 radical (unpaired) electrons. The molecule has 1 aromatic rings. The van der Waals surface area contributed by atoms with Gasteiger partial charge in [0, 0.05) is 29.8 Å². The van der Waals surface area contributed by atoms with Crippen molar-refractivity contribution in [3.63, 3.8) is 0 Å². The molecule has 1 heterocycles. The maximum atomic E-state index is 11.4. The van der Waals surface area contributed by atoms with Crippen LogP contribution in [0, 0.1) is 5.41 Å². The van der Waals surface area contributed by atoms with E-state index in [0.29, 0.717) is 19.0 Å². The molecule has 6 heteroatoms. The molecule has 1 aliphatic heterocycles. The van der Waals surface area contributed by atoms with E-state index in [1.807, 2.05) is 18.2 Å². The van der Waals surface area contributed by atoms with Crippen LogP contribution in [0.4, 0.5) is 4.79 Å². The Hall–Kier alpha value is -1.24. The van der Waals surface area contributed by atoms with Crippen LogP contribution in [-0.2, 0) is 4.74 Å². The van der Waals surface area contributed by atoms with Gasteiger partial charge in [-0.2, -0.15) is 0 Å². The SMILES string of the molecule is CC(C)(C)C([C@H](CSc1ccccc1)NC(=O)O)N1CCOCC1. The molecule has 2 rings (SSSR count). The van der Waals surface area contributed by atoms with Gasteiger partial charge < -0.3 is 15.2 Å². The zero-order chi connectivity index (χ0) is 17.6. The van der Waals surface area contributed by atoms with Crippen molar-refractivity contribution in [3.05, 3.63) is 30.3 Å². The van der Waals surface area contributed by atoms with Gasteiger partial charge in [-0.25, -0.2) is 4.79 Å². The van der Waals surface area contributed by atoms with Crippen molar-refractivity contribution in [1.82, 2.24) is 10.2 Å². The number of carbonyl (C=O) groups is 1. The van der Waals surface area contributed by atoms with Crippen molar-refractivity contribution < 1.29 is 14.6 Å². The number of benzene rings is 1. The minimum Gasteiger partial charge on any atom is -0.465 e. The van der Waals surface area contributed by atoms with Crippen LogP contribution in [-0.4, -0.2) is 60.2 Å². The summed E-state index contributed by atoms with van der Waals surface area (Å²) in [4.78, 5) is 14.9. The smallest absolute Gasteiger partial charge is 0.404 e. The van der Waals surface area contributed by atoms with E-state index in [2.05, 4.69) is 43.1 Å². The van der Waals surface area contributed by atoms with E-state index < -0.39 is 6.09 Å². The number of nitrogens with one attached hydrogen (secondary N) is 1. The predicted octanol–water partition coefficient (Wildman–Crippen LogP) is 3.16. The highest BCUT2D eigenvalue weighted by molar-refractivity contribution is 7.99. The highest BCUT2D eigenvalue weighted by Crippen LogP contribution is 2.30. The molecular weight excluding hydrogens is 324 g/mol. The first-order chi connectivity index (χ1) is 11.4. The Balaban J connectivity index is 2.15. The number of carboxylic acid groups (broad SMARTS) is 1. The highest BCUT2D eigenvalue weighted by Gasteiger charge is 2.38. The summed E-state index contributed by atoms with van der Waals surface area (Å²) in [7, 11) is 0. The number of rotatable bonds is 6. The molecule has 2 atom stereocenters. The second-order valence-corrected chi connectivity index (χ2v) is 8.23. The van der Waals surface area contributed by atoms with Gasteiger partial charge in [-0.15, -0.1) is 11.8 Å². The number of thioether (sulfide) groups is 1. The zero-order valence-electron chi connectivity index (χ0n) is 14.7. The lowest BCUT2D eigenvalue weighted by molar-refractivity contribution is -0.0193. The van der Waals surface area contributed by atoms with E-state index in [1.54, 1.807) is 11.8 Å². The van der Waals surface area contributed by atoms with Crippen LogP contribution in [0.2, 0.25) is 0 Å². The van der Waals surface area contributed by atoms with Crippen molar-refractivity contribution in [2.24, 2.45) is 5.41 Å². The maximum absolute atomic E-state index is 11.4. The van der Waals surface area contributed by atoms with Crippen molar-refractivity contribution >= 4 is 17.9 Å². The summed E-state index contributed by atoms with van der Waals surface area (Å²) in [5.74, 6) is 0.704. The van der Waals surface area contributed by atoms with E-state index in [1.165, 1.54) is 0 Å². The standard InChI is InChI=1S/C18H28N2O3S/c1-18(2,3)16(20-9-11-23-12-10-20)15(19-17(21)22)13-24-14-7-5-4-6-8-14/h4-8,15-16,19H,9-13H2,1-3H3,(H,21,22)/t15-,16?/m0/s1. The lowest BCUT2D eigenvalue weighted by Crippen LogP contribution is -2.60. The minimum absolute atomic E-state index is 0.0400. The van der Waals surface area contributed by atoms with Crippen LogP contribution in [0.3, 0.4) is 0 Å². The molecular formula is C18H28N2O3S. The largest absolute Gasteiger partial charge is 0.465 e. The predicted molar refractivity (Wildman–Crippen MR) is 97.7 cm³/mol. The fraction of sp³-hybridized carbons (Fsp3) is 0.611. The Labute approximate surface area is 148 Å². The molecule has 0 aromatic heterocycles. The number of amides is 1. The number of hydrogen-bond donors (Lipinski definition) is 2. The van der Waals surface area contributed by atoms with Crippen LogP contribution in [0.15, 0.2) is 35.2 Å². The molecule has 2 N–H and O–H groups in total. The Morgan fingerprint density at radius 3 is 2.46 bits per heavy atom. The fourth-order valence-corrected chi connectivity index (χ4v) is 4.32. The number of morpholine rings is 1. The number of hydrogen-bond acceptors (Lipinski definition) is 4. The average Bonchev–Trinajstić information content (AvgIpc) is 2.53. The topological polar surface area (TPSA) is 61.8 Å². The lowest BCUT2D eigenvalue weighted by Gasteiger charge is -2.46. The quantitative estimate of drug-likeness (QED) is 0.770. The first-order valence-corrected chi connectivity index (χ1v) is 9.35. The van der Waals surface area contributed by atoms with Crippen LogP contribution in [0.5, 0.6) is 0 Å². The first-order valence-electron chi connectivity index (χ1n) is 8.37. The van der Waals surface area contributed by atoms with Crippen LogP contribution in [0.1, 0.15) is 20.8 Å². The van der Waals surface area contributed by atoms with Crippen LogP contribution < -0.4 is 5.32 Å². The molecule has 1 amide bonds. The minimum atomic E-state index is -0.962. The molecule has 0 bridgehead atoms. The monoisotopic (exact) mass is 352 g/mol. The summed E-state index contributed by atoms with van der Waals surface area (Å²) in [6.45, 7) is 9.63. The summed E-state index contributed by atoms with van der Waals surface area (Å²) in [5.41, 5.74) is -0.0400. The molecule has 1 fully saturated rings. The molecule has 0 saturated carbocycles. The molecule has 0 aliphatic carbocycles. The normalized spacial score (nSPS) is 18.8. The van der Waals surface area contributed by atoms with Crippen molar-refractivity contribution in [3.8, 4) is 0 Å². The van der Waals surface area contributed by atoms with Crippen LogP contribution in [0.25, 0.3) is 0 Å². The highest BCUT2D eigenvalue weighted by atomic mass is 32.2. The van der Waals surface area contributed by atoms with Crippen molar-refractivity contribution in [2.75, 3.05) is 32.1 Å². The van der Waals surface area contributed by atoms with E-state index in [4.69, 9.17) is 4.74 Å². The van der Waals surface area contributed by atoms with Gasteiger partial charge in [-0.05, 0) is 17.5 Å². The second-order valence-electron chi connectivity index (χ2n) is 7.14. The van der Waals surface area contributed by atoms with Gasteiger partial charge in [0.05, 0.1) is 19.3 Å². The molecule has 1 saturated heterocycles. The van der Waals surface area contributed by atoms with Gasteiger partial charge >= 0.3 is 6.09 Å². The molecule has 1 aromatic carbocycles. The number of nitrogens with zero attached hydrogens (tertiary/aromatic N) is 1. The summed E-state index contributed by atoms with van der Waals surface area (Å²) < 4.78 is 5.47. The Kier molecular flexibility index (Phi) is 6.95. The number of ether oxygens (including phenoxy) is 1.